The molecule has 0 radical (unpaired) electrons. The molecule has 0 fully saturated rings. The van der Waals surface area contributed by atoms with Crippen molar-refractivity contribution in [2.45, 2.75) is 39.8 Å². The van der Waals surface area contributed by atoms with Gasteiger partial charge in [0.05, 0.1) is 13.7 Å². The molecular weight excluding hydrogens is 384 g/mol. The first-order valence-corrected chi connectivity index (χ1v) is 10.4. The first kappa shape index (κ1) is 20.9. The van der Waals surface area contributed by atoms with Crippen molar-refractivity contribution in [2.24, 2.45) is 0 Å². The van der Waals surface area contributed by atoms with Crippen LogP contribution in [0.3, 0.4) is 0 Å². The van der Waals surface area contributed by atoms with Crippen molar-refractivity contribution in [1.82, 2.24) is 9.88 Å². The van der Waals surface area contributed by atoms with Gasteiger partial charge in [0.25, 0.3) is 5.91 Å². The standard InChI is InChI=1S/C23H26N2O3S/c1-15(2)18-11-9-17(10-12-18)13-24-22(26)21-16(3)25(23(27)29-21)14-19-7-5-6-8-20(19)28-4/h5-12,15H,13-14H2,1-4H3,(H,24,26). The monoisotopic (exact) mass is 410 g/mol. The van der Waals surface area contributed by atoms with Gasteiger partial charge in [-0.3, -0.25) is 14.2 Å². The number of hydrogen-bond acceptors (Lipinski definition) is 4. The lowest BCUT2D eigenvalue weighted by atomic mass is 10.0. The van der Waals surface area contributed by atoms with Gasteiger partial charge in [0.15, 0.2) is 0 Å². The first-order chi connectivity index (χ1) is 13.9. The minimum atomic E-state index is -0.226. The van der Waals surface area contributed by atoms with E-state index in [1.54, 1.807) is 18.6 Å². The molecule has 0 atom stereocenters. The van der Waals surface area contributed by atoms with Gasteiger partial charge >= 0.3 is 4.87 Å². The molecule has 1 amide bonds. The van der Waals surface area contributed by atoms with E-state index >= 15 is 0 Å². The second-order valence-electron chi connectivity index (χ2n) is 7.26. The lowest BCUT2D eigenvalue weighted by Crippen LogP contribution is -2.23. The van der Waals surface area contributed by atoms with E-state index in [4.69, 9.17) is 4.74 Å². The maximum absolute atomic E-state index is 12.7. The summed E-state index contributed by atoms with van der Waals surface area (Å²) in [6.45, 7) is 6.90. The fourth-order valence-corrected chi connectivity index (χ4v) is 4.07. The van der Waals surface area contributed by atoms with Crippen molar-refractivity contribution in [3.05, 3.63) is 85.5 Å². The minimum absolute atomic E-state index is 0.153. The molecule has 0 spiro atoms. The van der Waals surface area contributed by atoms with Gasteiger partial charge in [0, 0.05) is 17.8 Å². The van der Waals surface area contributed by atoms with Crippen molar-refractivity contribution < 1.29 is 9.53 Å². The van der Waals surface area contributed by atoms with Gasteiger partial charge in [-0.05, 0) is 30.0 Å². The molecular formula is C23H26N2O3S. The molecule has 0 aliphatic rings. The van der Waals surface area contributed by atoms with E-state index in [1.165, 1.54) is 5.56 Å². The zero-order chi connectivity index (χ0) is 21.0. The van der Waals surface area contributed by atoms with Crippen molar-refractivity contribution in [2.75, 3.05) is 7.11 Å². The van der Waals surface area contributed by atoms with Gasteiger partial charge in [-0.1, -0.05) is 67.6 Å². The molecule has 6 heteroatoms. The number of amides is 1. The number of benzene rings is 2. The number of para-hydroxylation sites is 1. The topological polar surface area (TPSA) is 60.3 Å². The lowest BCUT2D eigenvalue weighted by Gasteiger charge is -2.10. The molecule has 152 valence electrons. The number of nitrogens with zero attached hydrogens (tertiary/aromatic N) is 1. The van der Waals surface area contributed by atoms with Crippen LogP contribution < -0.4 is 14.9 Å². The van der Waals surface area contributed by atoms with Crippen LogP contribution in [0.15, 0.2) is 53.3 Å². The second-order valence-corrected chi connectivity index (χ2v) is 8.22. The summed E-state index contributed by atoms with van der Waals surface area (Å²) in [5.41, 5.74) is 3.86. The lowest BCUT2D eigenvalue weighted by molar-refractivity contribution is 0.0954. The molecule has 0 unspecified atom stereocenters. The maximum Gasteiger partial charge on any atom is 0.308 e. The molecule has 0 saturated carbocycles. The highest BCUT2D eigenvalue weighted by Gasteiger charge is 2.18. The average Bonchev–Trinajstić information content (AvgIpc) is 3.01. The van der Waals surface area contributed by atoms with Gasteiger partial charge in [-0.2, -0.15) is 0 Å². The number of carbonyl (C=O) groups excluding carboxylic acids is 1. The summed E-state index contributed by atoms with van der Waals surface area (Å²) in [5.74, 6) is 0.971. The van der Waals surface area contributed by atoms with Crippen LogP contribution in [0.1, 0.15) is 51.8 Å². The summed E-state index contributed by atoms with van der Waals surface area (Å²) in [5, 5.41) is 2.93. The predicted molar refractivity (Wildman–Crippen MR) is 117 cm³/mol. The zero-order valence-electron chi connectivity index (χ0n) is 17.2. The van der Waals surface area contributed by atoms with Crippen LogP contribution in [-0.2, 0) is 13.1 Å². The van der Waals surface area contributed by atoms with Gasteiger partial charge in [-0.15, -0.1) is 0 Å². The largest absolute Gasteiger partial charge is 0.496 e. The third-order valence-electron chi connectivity index (χ3n) is 4.97. The molecule has 3 aromatic rings. The van der Waals surface area contributed by atoms with Crippen molar-refractivity contribution in [1.29, 1.82) is 0 Å². The van der Waals surface area contributed by atoms with Gasteiger partial charge < -0.3 is 10.1 Å². The third-order valence-corrected chi connectivity index (χ3v) is 6.05. The van der Waals surface area contributed by atoms with E-state index in [-0.39, 0.29) is 10.8 Å². The summed E-state index contributed by atoms with van der Waals surface area (Å²) in [6, 6.07) is 15.8. The number of rotatable bonds is 7. The van der Waals surface area contributed by atoms with Crippen LogP contribution in [0.5, 0.6) is 5.75 Å². The van der Waals surface area contributed by atoms with Crippen LogP contribution in [-0.4, -0.2) is 17.6 Å². The number of thiazole rings is 1. The molecule has 1 N–H and O–H groups in total. The minimum Gasteiger partial charge on any atom is -0.496 e. The first-order valence-electron chi connectivity index (χ1n) is 9.60. The fraction of sp³-hybridized carbons (Fsp3) is 0.304. The van der Waals surface area contributed by atoms with E-state index in [9.17, 15) is 9.59 Å². The number of nitrogens with one attached hydrogen (secondary N) is 1. The number of methoxy groups -OCH3 is 1. The second kappa shape index (κ2) is 9.09. The fourth-order valence-electron chi connectivity index (χ4n) is 3.16. The summed E-state index contributed by atoms with van der Waals surface area (Å²) >= 11 is 0.978. The van der Waals surface area contributed by atoms with Crippen LogP contribution in [0.25, 0.3) is 0 Å². The summed E-state index contributed by atoms with van der Waals surface area (Å²) in [6.07, 6.45) is 0. The Morgan fingerprint density at radius 2 is 1.83 bits per heavy atom. The summed E-state index contributed by atoms with van der Waals surface area (Å²) in [7, 11) is 1.61. The summed E-state index contributed by atoms with van der Waals surface area (Å²) < 4.78 is 6.99. The molecule has 0 bridgehead atoms. The van der Waals surface area contributed by atoms with Crippen LogP contribution in [0.4, 0.5) is 0 Å². The molecule has 5 nitrogen and oxygen atoms in total. The Morgan fingerprint density at radius 3 is 2.48 bits per heavy atom. The normalized spacial score (nSPS) is 10.9. The summed E-state index contributed by atoms with van der Waals surface area (Å²) in [4.78, 5) is 25.5. The van der Waals surface area contributed by atoms with E-state index in [2.05, 4.69) is 31.3 Å². The quantitative estimate of drug-likeness (QED) is 0.631. The van der Waals surface area contributed by atoms with Gasteiger partial charge in [-0.25, -0.2) is 0 Å². The van der Waals surface area contributed by atoms with E-state index in [1.807, 2.05) is 36.4 Å². The third kappa shape index (κ3) is 4.77. The molecule has 0 aliphatic heterocycles. The van der Waals surface area contributed by atoms with Crippen LogP contribution in [0, 0.1) is 6.92 Å². The van der Waals surface area contributed by atoms with E-state index in [0.717, 1.165) is 28.2 Å². The zero-order valence-corrected chi connectivity index (χ0v) is 18.0. The molecule has 1 heterocycles. The van der Waals surface area contributed by atoms with E-state index in [0.29, 0.717) is 29.6 Å². The highest BCUT2D eigenvalue weighted by Crippen LogP contribution is 2.21. The molecule has 0 aliphatic carbocycles. The van der Waals surface area contributed by atoms with Crippen molar-refractivity contribution in [3.63, 3.8) is 0 Å². The molecule has 29 heavy (non-hydrogen) atoms. The van der Waals surface area contributed by atoms with Crippen molar-refractivity contribution in [3.8, 4) is 5.75 Å². The van der Waals surface area contributed by atoms with E-state index < -0.39 is 0 Å². The molecule has 0 saturated heterocycles. The number of hydrogen-bond donors (Lipinski definition) is 1. The maximum atomic E-state index is 12.7. The Morgan fingerprint density at radius 1 is 1.14 bits per heavy atom. The Hall–Kier alpha value is -2.86. The highest BCUT2D eigenvalue weighted by atomic mass is 32.1. The average molecular weight is 411 g/mol. The number of aromatic nitrogens is 1. The Kier molecular flexibility index (Phi) is 6.54. The van der Waals surface area contributed by atoms with Gasteiger partial charge in [0.2, 0.25) is 0 Å². The molecule has 1 aromatic heterocycles. The number of carbonyl (C=O) groups is 1. The number of ether oxygens (including phenoxy) is 1. The highest BCUT2D eigenvalue weighted by molar-refractivity contribution is 7.11. The Balaban J connectivity index is 1.73. The Labute approximate surface area is 175 Å². The van der Waals surface area contributed by atoms with Gasteiger partial charge in [0.1, 0.15) is 10.6 Å². The van der Waals surface area contributed by atoms with Crippen LogP contribution in [0.2, 0.25) is 0 Å². The van der Waals surface area contributed by atoms with Crippen molar-refractivity contribution >= 4 is 17.2 Å². The smallest absolute Gasteiger partial charge is 0.308 e. The predicted octanol–water partition coefficient (Wildman–Crippen LogP) is 4.33. The Bertz CT molecular complexity index is 1050. The molecule has 3 rings (SSSR count). The molecule has 2 aromatic carbocycles. The van der Waals surface area contributed by atoms with Crippen LogP contribution >= 0.6 is 11.3 Å². The SMILES string of the molecule is COc1ccccc1Cn1c(C)c(C(=O)NCc2ccc(C(C)C)cc2)sc1=O.